The Morgan fingerprint density at radius 2 is 2.24 bits per heavy atom. The minimum atomic E-state index is 0.0195. The van der Waals surface area contributed by atoms with E-state index >= 15 is 0 Å². The number of hydrogen-bond acceptors (Lipinski definition) is 3. The first-order valence-electron chi connectivity index (χ1n) is 7.85. The van der Waals surface area contributed by atoms with Crippen molar-refractivity contribution in [2.45, 2.75) is 39.7 Å². The van der Waals surface area contributed by atoms with Crippen LogP contribution in [0.15, 0.2) is 18.2 Å². The van der Waals surface area contributed by atoms with Crippen LogP contribution in [0.1, 0.15) is 42.6 Å². The number of nitrogens with zero attached hydrogens (tertiary/aromatic N) is 1. The molecule has 0 radical (unpaired) electrons. The van der Waals surface area contributed by atoms with Gasteiger partial charge in [-0.1, -0.05) is 19.9 Å². The maximum absolute atomic E-state index is 12.5. The van der Waals surface area contributed by atoms with E-state index in [4.69, 9.17) is 0 Å². The van der Waals surface area contributed by atoms with E-state index < -0.39 is 0 Å². The largest absolute Gasteiger partial charge is 0.508 e. The quantitative estimate of drug-likeness (QED) is 0.896. The lowest BCUT2D eigenvalue weighted by Gasteiger charge is -2.37. The van der Waals surface area contributed by atoms with E-state index in [0.717, 1.165) is 38.0 Å². The Bertz CT molecular complexity index is 502. The van der Waals surface area contributed by atoms with Crippen molar-refractivity contribution in [2.75, 3.05) is 19.6 Å². The summed E-state index contributed by atoms with van der Waals surface area (Å²) in [5.41, 5.74) is 1.37. The standard InChI is InChI=1S/C17H26N2O2/c1-4-8-18-15-7-9-19(11-13(15)3)17(21)14-6-5-12(2)16(20)10-14/h5-6,10,13,15,18,20H,4,7-9,11H2,1-3H3. The van der Waals surface area contributed by atoms with Gasteiger partial charge in [-0.3, -0.25) is 4.79 Å². The van der Waals surface area contributed by atoms with Crippen molar-refractivity contribution in [3.05, 3.63) is 29.3 Å². The molecule has 0 saturated carbocycles. The average molecular weight is 290 g/mol. The maximum Gasteiger partial charge on any atom is 0.253 e. The molecule has 0 aliphatic carbocycles. The molecule has 4 nitrogen and oxygen atoms in total. The number of aromatic hydroxyl groups is 1. The number of phenolic OH excluding ortho intramolecular Hbond substituents is 1. The van der Waals surface area contributed by atoms with Gasteiger partial charge in [-0.05, 0) is 49.9 Å². The van der Waals surface area contributed by atoms with Crippen LogP contribution in [0, 0.1) is 12.8 Å². The molecule has 4 heteroatoms. The number of carbonyl (C=O) groups excluding carboxylic acids is 1. The summed E-state index contributed by atoms with van der Waals surface area (Å²) in [6, 6.07) is 5.66. The Kier molecular flexibility index (Phi) is 5.23. The van der Waals surface area contributed by atoms with Gasteiger partial charge >= 0.3 is 0 Å². The number of piperidine rings is 1. The molecule has 1 saturated heterocycles. The smallest absolute Gasteiger partial charge is 0.253 e. The van der Waals surface area contributed by atoms with Crippen LogP contribution >= 0.6 is 0 Å². The van der Waals surface area contributed by atoms with E-state index in [0.29, 0.717) is 17.5 Å². The first-order chi connectivity index (χ1) is 10.0. The molecule has 1 aromatic rings. The lowest BCUT2D eigenvalue weighted by atomic mass is 9.93. The van der Waals surface area contributed by atoms with Crippen LogP contribution in [-0.2, 0) is 0 Å². The number of likely N-dealkylation sites (tertiary alicyclic amines) is 1. The van der Waals surface area contributed by atoms with E-state index in [1.165, 1.54) is 0 Å². The second kappa shape index (κ2) is 6.94. The number of nitrogens with one attached hydrogen (secondary N) is 1. The van der Waals surface area contributed by atoms with Gasteiger partial charge in [0.15, 0.2) is 0 Å². The van der Waals surface area contributed by atoms with Crippen LogP contribution in [0.5, 0.6) is 5.75 Å². The molecule has 1 aliphatic heterocycles. The highest BCUT2D eigenvalue weighted by atomic mass is 16.3. The first kappa shape index (κ1) is 15.8. The molecule has 1 aliphatic rings. The molecule has 2 unspecified atom stereocenters. The average Bonchev–Trinajstić information content (AvgIpc) is 2.48. The van der Waals surface area contributed by atoms with Gasteiger partial charge < -0.3 is 15.3 Å². The van der Waals surface area contributed by atoms with E-state index in [2.05, 4.69) is 19.2 Å². The lowest BCUT2D eigenvalue weighted by Crippen LogP contribution is -2.50. The third kappa shape index (κ3) is 3.76. The van der Waals surface area contributed by atoms with Crippen molar-refractivity contribution in [2.24, 2.45) is 5.92 Å². The Balaban J connectivity index is 2.00. The van der Waals surface area contributed by atoms with Crippen molar-refractivity contribution in [3.63, 3.8) is 0 Å². The van der Waals surface area contributed by atoms with Crippen molar-refractivity contribution in [3.8, 4) is 5.75 Å². The van der Waals surface area contributed by atoms with Gasteiger partial charge in [0.1, 0.15) is 5.75 Å². The second-order valence-electron chi connectivity index (χ2n) is 6.08. The van der Waals surface area contributed by atoms with Gasteiger partial charge in [0.05, 0.1) is 0 Å². The molecule has 1 amide bonds. The molecule has 2 rings (SSSR count). The van der Waals surface area contributed by atoms with Crippen LogP contribution in [0.2, 0.25) is 0 Å². The normalized spacial score (nSPS) is 22.3. The Hall–Kier alpha value is -1.55. The van der Waals surface area contributed by atoms with Crippen LogP contribution < -0.4 is 5.32 Å². The SMILES string of the molecule is CCCNC1CCN(C(=O)c2ccc(C)c(O)c2)CC1C. The highest BCUT2D eigenvalue weighted by molar-refractivity contribution is 5.94. The van der Waals surface area contributed by atoms with Gasteiger partial charge in [0.25, 0.3) is 5.91 Å². The van der Waals surface area contributed by atoms with E-state index in [-0.39, 0.29) is 11.7 Å². The van der Waals surface area contributed by atoms with Gasteiger partial charge in [0.2, 0.25) is 0 Å². The number of phenols is 1. The van der Waals surface area contributed by atoms with Crippen LogP contribution in [0.3, 0.4) is 0 Å². The van der Waals surface area contributed by atoms with Gasteiger partial charge in [-0.2, -0.15) is 0 Å². The summed E-state index contributed by atoms with van der Waals surface area (Å²) in [5.74, 6) is 0.660. The Morgan fingerprint density at radius 3 is 2.86 bits per heavy atom. The number of aryl methyl sites for hydroxylation is 1. The third-order valence-corrected chi connectivity index (χ3v) is 4.31. The molecule has 1 aromatic carbocycles. The van der Waals surface area contributed by atoms with Crippen molar-refractivity contribution in [1.29, 1.82) is 0 Å². The van der Waals surface area contributed by atoms with E-state index in [1.807, 2.05) is 11.8 Å². The molecule has 116 valence electrons. The molecule has 0 bridgehead atoms. The van der Waals surface area contributed by atoms with Crippen molar-refractivity contribution >= 4 is 5.91 Å². The summed E-state index contributed by atoms with van der Waals surface area (Å²) in [4.78, 5) is 14.4. The maximum atomic E-state index is 12.5. The molecule has 1 fully saturated rings. The summed E-state index contributed by atoms with van der Waals surface area (Å²) in [6.07, 6.45) is 2.12. The number of hydrogen-bond donors (Lipinski definition) is 2. The summed E-state index contributed by atoms with van der Waals surface area (Å²) in [7, 11) is 0. The van der Waals surface area contributed by atoms with Crippen LogP contribution in [0.25, 0.3) is 0 Å². The molecule has 0 spiro atoms. The zero-order valence-corrected chi connectivity index (χ0v) is 13.2. The summed E-state index contributed by atoms with van der Waals surface area (Å²) < 4.78 is 0. The monoisotopic (exact) mass is 290 g/mol. The molecular weight excluding hydrogens is 264 g/mol. The molecule has 0 aromatic heterocycles. The fourth-order valence-electron chi connectivity index (χ4n) is 2.89. The zero-order chi connectivity index (χ0) is 15.4. The van der Waals surface area contributed by atoms with Crippen LogP contribution in [0.4, 0.5) is 0 Å². The molecule has 2 atom stereocenters. The number of rotatable bonds is 4. The molecular formula is C17H26N2O2. The lowest BCUT2D eigenvalue weighted by molar-refractivity contribution is 0.0645. The van der Waals surface area contributed by atoms with Crippen molar-refractivity contribution < 1.29 is 9.90 Å². The first-order valence-corrected chi connectivity index (χ1v) is 7.85. The second-order valence-corrected chi connectivity index (χ2v) is 6.08. The van der Waals surface area contributed by atoms with Gasteiger partial charge in [0, 0.05) is 24.7 Å². The van der Waals surface area contributed by atoms with E-state index in [9.17, 15) is 9.90 Å². The van der Waals surface area contributed by atoms with E-state index in [1.54, 1.807) is 18.2 Å². The summed E-state index contributed by atoms with van der Waals surface area (Å²) in [6.45, 7) is 8.78. The number of benzene rings is 1. The minimum Gasteiger partial charge on any atom is -0.508 e. The number of amides is 1. The fraction of sp³-hybridized carbons (Fsp3) is 0.588. The Morgan fingerprint density at radius 1 is 1.48 bits per heavy atom. The highest BCUT2D eigenvalue weighted by Crippen LogP contribution is 2.22. The van der Waals surface area contributed by atoms with Gasteiger partial charge in [-0.25, -0.2) is 0 Å². The molecule has 21 heavy (non-hydrogen) atoms. The molecule has 2 N–H and O–H groups in total. The molecule has 1 heterocycles. The van der Waals surface area contributed by atoms with Crippen molar-refractivity contribution in [1.82, 2.24) is 10.2 Å². The zero-order valence-electron chi connectivity index (χ0n) is 13.2. The Labute approximate surface area is 127 Å². The predicted molar refractivity (Wildman–Crippen MR) is 84.6 cm³/mol. The predicted octanol–water partition coefficient (Wildman–Crippen LogP) is 2.55. The highest BCUT2D eigenvalue weighted by Gasteiger charge is 2.28. The van der Waals surface area contributed by atoms with Crippen LogP contribution in [-0.4, -0.2) is 41.6 Å². The summed E-state index contributed by atoms with van der Waals surface area (Å²) >= 11 is 0. The number of carbonyl (C=O) groups is 1. The minimum absolute atomic E-state index is 0.0195. The topological polar surface area (TPSA) is 52.6 Å². The fourth-order valence-corrected chi connectivity index (χ4v) is 2.89. The third-order valence-electron chi connectivity index (χ3n) is 4.31. The van der Waals surface area contributed by atoms with Gasteiger partial charge in [-0.15, -0.1) is 0 Å². The summed E-state index contributed by atoms with van der Waals surface area (Å²) in [5, 5.41) is 13.3.